The molecule has 0 bridgehead atoms. The van der Waals surface area contributed by atoms with E-state index < -0.39 is 0 Å². The van der Waals surface area contributed by atoms with E-state index in [-0.39, 0.29) is 0 Å². The van der Waals surface area contributed by atoms with Gasteiger partial charge in [0, 0.05) is 37.9 Å². The fourth-order valence-electron chi connectivity index (χ4n) is 3.12. The fraction of sp³-hybridized carbons (Fsp3) is 0.200. The number of hydrogen-bond acceptors (Lipinski definition) is 5. The summed E-state index contributed by atoms with van der Waals surface area (Å²) < 4.78 is 0. The second kappa shape index (κ2) is 7.62. The molecule has 4 rings (SSSR count). The summed E-state index contributed by atoms with van der Waals surface area (Å²) in [6.07, 6.45) is 1.60. The first-order valence-corrected chi connectivity index (χ1v) is 9.06. The van der Waals surface area contributed by atoms with Crippen LogP contribution < -0.4 is 15.1 Å². The average Bonchev–Trinajstić information content (AvgIpc) is 2.71. The number of hydrogen-bond donors (Lipinski definition) is 1. The first kappa shape index (κ1) is 16.7. The van der Waals surface area contributed by atoms with E-state index in [1.165, 1.54) is 5.69 Å². The summed E-state index contributed by atoms with van der Waals surface area (Å²) >= 11 is 6.22. The molecule has 3 aromatic rings. The Balaban J connectivity index is 1.44. The van der Waals surface area contributed by atoms with Crippen molar-refractivity contribution >= 4 is 34.6 Å². The molecular weight excluding hydrogens is 346 g/mol. The predicted molar refractivity (Wildman–Crippen MR) is 108 cm³/mol. The maximum Gasteiger partial charge on any atom is 0.135 e. The van der Waals surface area contributed by atoms with Crippen LogP contribution in [0.25, 0.3) is 0 Å². The van der Waals surface area contributed by atoms with Crippen molar-refractivity contribution in [2.24, 2.45) is 0 Å². The van der Waals surface area contributed by atoms with Gasteiger partial charge in [0.05, 0.1) is 10.7 Å². The zero-order valence-corrected chi connectivity index (χ0v) is 15.1. The van der Waals surface area contributed by atoms with Crippen LogP contribution in [0, 0.1) is 0 Å². The lowest BCUT2D eigenvalue weighted by molar-refractivity contribution is 0.647. The molecule has 0 saturated carbocycles. The second-order valence-electron chi connectivity index (χ2n) is 6.18. The second-order valence-corrected chi connectivity index (χ2v) is 6.58. The van der Waals surface area contributed by atoms with E-state index in [0.29, 0.717) is 5.02 Å². The highest BCUT2D eigenvalue weighted by molar-refractivity contribution is 6.33. The fourth-order valence-corrected chi connectivity index (χ4v) is 3.30. The predicted octanol–water partition coefficient (Wildman–Crippen LogP) is 4.20. The van der Waals surface area contributed by atoms with Crippen LogP contribution in [-0.2, 0) is 0 Å². The molecule has 2 aromatic carbocycles. The summed E-state index contributed by atoms with van der Waals surface area (Å²) in [4.78, 5) is 13.5. The standard InChI is InChI=1S/C20H20ClN5/c21-17-8-4-5-9-18(17)24-19-14-20(23-15-22-19)26-12-10-25(11-13-26)16-6-2-1-3-7-16/h1-9,14-15H,10-13H2,(H,22,23,24). The maximum absolute atomic E-state index is 6.22. The molecular formula is C20H20ClN5. The van der Waals surface area contributed by atoms with E-state index in [0.717, 1.165) is 43.5 Å². The van der Waals surface area contributed by atoms with Crippen LogP contribution in [0.15, 0.2) is 67.0 Å². The van der Waals surface area contributed by atoms with Gasteiger partial charge in [-0.1, -0.05) is 41.9 Å². The summed E-state index contributed by atoms with van der Waals surface area (Å²) in [5.74, 6) is 1.68. The quantitative estimate of drug-likeness (QED) is 0.750. The van der Waals surface area contributed by atoms with Gasteiger partial charge in [0.2, 0.25) is 0 Å². The molecule has 6 heteroatoms. The molecule has 0 unspecified atom stereocenters. The number of para-hydroxylation sites is 2. The van der Waals surface area contributed by atoms with Crippen LogP contribution in [0.3, 0.4) is 0 Å². The van der Waals surface area contributed by atoms with Crippen molar-refractivity contribution in [3.8, 4) is 0 Å². The number of nitrogens with zero attached hydrogens (tertiary/aromatic N) is 4. The number of piperazine rings is 1. The molecule has 0 amide bonds. The Morgan fingerprint density at radius 3 is 2.27 bits per heavy atom. The molecule has 0 radical (unpaired) electrons. The molecule has 1 aliphatic heterocycles. The van der Waals surface area contributed by atoms with Crippen molar-refractivity contribution in [1.29, 1.82) is 0 Å². The van der Waals surface area contributed by atoms with Crippen molar-refractivity contribution in [2.75, 3.05) is 41.3 Å². The summed E-state index contributed by atoms with van der Waals surface area (Å²) in [5.41, 5.74) is 2.11. The van der Waals surface area contributed by atoms with Gasteiger partial charge in [0.15, 0.2) is 0 Å². The summed E-state index contributed by atoms with van der Waals surface area (Å²) in [5, 5.41) is 3.94. The van der Waals surface area contributed by atoms with Crippen LogP contribution >= 0.6 is 11.6 Å². The third-order valence-corrected chi connectivity index (χ3v) is 4.84. The molecule has 0 spiro atoms. The van der Waals surface area contributed by atoms with Gasteiger partial charge >= 0.3 is 0 Å². The topological polar surface area (TPSA) is 44.3 Å². The highest BCUT2D eigenvalue weighted by atomic mass is 35.5. The highest BCUT2D eigenvalue weighted by Gasteiger charge is 2.18. The third kappa shape index (κ3) is 3.73. The number of benzene rings is 2. The molecule has 26 heavy (non-hydrogen) atoms. The van der Waals surface area contributed by atoms with Crippen LogP contribution in [0.4, 0.5) is 23.0 Å². The number of aromatic nitrogens is 2. The minimum atomic E-state index is 0.670. The molecule has 2 heterocycles. The Labute approximate surface area is 158 Å². The van der Waals surface area contributed by atoms with E-state index in [4.69, 9.17) is 11.6 Å². The number of nitrogens with one attached hydrogen (secondary N) is 1. The lowest BCUT2D eigenvalue weighted by atomic mass is 10.2. The SMILES string of the molecule is Clc1ccccc1Nc1cc(N2CCN(c3ccccc3)CC2)ncn1. The van der Waals surface area contributed by atoms with Crippen LogP contribution in [0.5, 0.6) is 0 Å². The van der Waals surface area contributed by atoms with Gasteiger partial charge in [-0.05, 0) is 24.3 Å². The van der Waals surface area contributed by atoms with E-state index in [1.54, 1.807) is 6.33 Å². The highest BCUT2D eigenvalue weighted by Crippen LogP contribution is 2.25. The van der Waals surface area contributed by atoms with Crippen molar-refractivity contribution in [3.05, 3.63) is 72.0 Å². The lowest BCUT2D eigenvalue weighted by Gasteiger charge is -2.36. The van der Waals surface area contributed by atoms with E-state index in [2.05, 4.69) is 49.4 Å². The summed E-state index contributed by atoms with van der Waals surface area (Å²) in [6, 6.07) is 20.1. The normalized spacial score (nSPS) is 14.3. The third-order valence-electron chi connectivity index (χ3n) is 4.51. The van der Waals surface area contributed by atoms with Gasteiger partial charge in [-0.15, -0.1) is 0 Å². The molecule has 1 N–H and O–H groups in total. The Morgan fingerprint density at radius 1 is 0.808 bits per heavy atom. The largest absolute Gasteiger partial charge is 0.368 e. The van der Waals surface area contributed by atoms with Gasteiger partial charge in [-0.3, -0.25) is 0 Å². The monoisotopic (exact) mass is 365 g/mol. The molecule has 1 fully saturated rings. The van der Waals surface area contributed by atoms with Gasteiger partial charge in [-0.25, -0.2) is 9.97 Å². The van der Waals surface area contributed by atoms with Crippen LogP contribution in [0.1, 0.15) is 0 Å². The van der Waals surface area contributed by atoms with E-state index >= 15 is 0 Å². The molecule has 0 aliphatic carbocycles. The molecule has 132 valence electrons. The number of rotatable bonds is 4. The Bertz CT molecular complexity index is 863. The van der Waals surface area contributed by atoms with Crippen LogP contribution in [0.2, 0.25) is 5.02 Å². The van der Waals surface area contributed by atoms with Crippen molar-refractivity contribution in [2.45, 2.75) is 0 Å². The molecule has 1 saturated heterocycles. The van der Waals surface area contributed by atoms with Gasteiger partial charge in [0.1, 0.15) is 18.0 Å². The van der Waals surface area contributed by atoms with Crippen LogP contribution in [-0.4, -0.2) is 36.1 Å². The Hall–Kier alpha value is -2.79. The number of halogens is 1. The Morgan fingerprint density at radius 2 is 1.50 bits per heavy atom. The molecule has 5 nitrogen and oxygen atoms in total. The summed E-state index contributed by atoms with van der Waals surface area (Å²) in [7, 11) is 0. The van der Waals surface area contributed by atoms with E-state index in [1.807, 2.05) is 36.4 Å². The van der Waals surface area contributed by atoms with Crippen molar-refractivity contribution in [1.82, 2.24) is 9.97 Å². The first-order valence-electron chi connectivity index (χ1n) is 8.68. The average molecular weight is 366 g/mol. The number of anilines is 4. The van der Waals surface area contributed by atoms with E-state index in [9.17, 15) is 0 Å². The minimum Gasteiger partial charge on any atom is -0.368 e. The van der Waals surface area contributed by atoms with Gasteiger partial charge in [0.25, 0.3) is 0 Å². The van der Waals surface area contributed by atoms with Crippen molar-refractivity contribution in [3.63, 3.8) is 0 Å². The van der Waals surface area contributed by atoms with Crippen molar-refractivity contribution < 1.29 is 0 Å². The zero-order chi connectivity index (χ0) is 17.8. The molecule has 0 atom stereocenters. The van der Waals surface area contributed by atoms with Gasteiger partial charge < -0.3 is 15.1 Å². The molecule has 1 aliphatic rings. The minimum absolute atomic E-state index is 0.670. The Kier molecular flexibility index (Phi) is 4.88. The first-order chi connectivity index (χ1) is 12.8. The maximum atomic E-state index is 6.22. The lowest BCUT2D eigenvalue weighted by Crippen LogP contribution is -2.46. The summed E-state index contributed by atoms with van der Waals surface area (Å²) in [6.45, 7) is 3.80. The molecule has 1 aromatic heterocycles. The smallest absolute Gasteiger partial charge is 0.135 e. The van der Waals surface area contributed by atoms with Gasteiger partial charge in [-0.2, -0.15) is 0 Å². The zero-order valence-electron chi connectivity index (χ0n) is 14.3.